The number of aromatic nitrogens is 2. The second-order valence-electron chi connectivity index (χ2n) is 5.05. The van der Waals surface area contributed by atoms with Crippen LogP contribution in [0.15, 0.2) is 24.5 Å². The number of rotatable bonds is 7. The Morgan fingerprint density at radius 2 is 2.15 bits per heavy atom. The zero-order chi connectivity index (χ0) is 14.4. The molecule has 0 saturated carbocycles. The van der Waals surface area contributed by atoms with E-state index in [1.807, 2.05) is 18.2 Å². The van der Waals surface area contributed by atoms with Crippen molar-refractivity contribution in [2.45, 2.75) is 26.2 Å². The summed E-state index contributed by atoms with van der Waals surface area (Å²) in [6, 6.07) is 5.62. The monoisotopic (exact) mass is 274 g/mol. The molecule has 1 atom stereocenters. The van der Waals surface area contributed by atoms with Crippen LogP contribution in [-0.4, -0.2) is 28.2 Å². The maximum Gasteiger partial charge on any atom is 0.137 e. The van der Waals surface area contributed by atoms with Gasteiger partial charge in [-0.3, -0.25) is 0 Å². The van der Waals surface area contributed by atoms with E-state index in [9.17, 15) is 0 Å². The van der Waals surface area contributed by atoms with Crippen molar-refractivity contribution in [3.05, 3.63) is 24.5 Å². The molecule has 2 rings (SSSR count). The average Bonchev–Trinajstić information content (AvgIpc) is 2.45. The lowest BCUT2D eigenvalue weighted by Gasteiger charge is -2.16. The maximum absolute atomic E-state index is 9.10. The first kappa shape index (κ1) is 14.5. The summed E-state index contributed by atoms with van der Waals surface area (Å²) in [5, 5.41) is 13.4. The van der Waals surface area contributed by atoms with Crippen molar-refractivity contribution < 1.29 is 5.11 Å². The molecule has 1 aromatic carbocycles. The van der Waals surface area contributed by atoms with Crippen molar-refractivity contribution in [3.63, 3.8) is 0 Å². The van der Waals surface area contributed by atoms with Gasteiger partial charge in [-0.2, -0.15) is 0 Å². The molecule has 5 heteroatoms. The topological polar surface area (TPSA) is 84.1 Å². The normalized spacial score (nSPS) is 12.5. The van der Waals surface area contributed by atoms with Crippen molar-refractivity contribution in [2.75, 3.05) is 24.2 Å². The number of benzene rings is 1. The van der Waals surface area contributed by atoms with Crippen LogP contribution >= 0.6 is 0 Å². The first-order valence-electron chi connectivity index (χ1n) is 7.09. The first-order valence-corrected chi connectivity index (χ1v) is 7.09. The number of hydrogen-bond acceptors (Lipinski definition) is 5. The highest BCUT2D eigenvalue weighted by molar-refractivity contribution is 5.91. The Morgan fingerprint density at radius 3 is 2.90 bits per heavy atom. The lowest BCUT2D eigenvalue weighted by atomic mass is 10.0. The summed E-state index contributed by atoms with van der Waals surface area (Å²) < 4.78 is 0. The van der Waals surface area contributed by atoms with Crippen molar-refractivity contribution >= 4 is 22.4 Å². The minimum Gasteiger partial charge on any atom is -0.399 e. The van der Waals surface area contributed by atoms with E-state index in [0.29, 0.717) is 11.6 Å². The van der Waals surface area contributed by atoms with Gasteiger partial charge in [0.15, 0.2) is 0 Å². The highest BCUT2D eigenvalue weighted by Gasteiger charge is 2.09. The van der Waals surface area contributed by atoms with Crippen LogP contribution in [0.5, 0.6) is 0 Å². The Balaban J connectivity index is 2.14. The second-order valence-corrected chi connectivity index (χ2v) is 5.05. The van der Waals surface area contributed by atoms with E-state index in [1.54, 1.807) is 6.33 Å². The predicted molar refractivity (Wildman–Crippen MR) is 82.5 cm³/mol. The minimum atomic E-state index is 0.226. The summed E-state index contributed by atoms with van der Waals surface area (Å²) in [4.78, 5) is 8.54. The molecule has 0 radical (unpaired) electrons. The quantitative estimate of drug-likeness (QED) is 0.675. The van der Waals surface area contributed by atoms with E-state index >= 15 is 0 Å². The number of aliphatic hydroxyl groups excluding tert-OH is 1. The molecule has 0 fully saturated rings. The lowest BCUT2D eigenvalue weighted by Crippen LogP contribution is -2.16. The number of anilines is 2. The molecule has 1 unspecified atom stereocenters. The van der Waals surface area contributed by atoms with Gasteiger partial charge in [0.2, 0.25) is 0 Å². The van der Waals surface area contributed by atoms with Crippen LogP contribution in [0.4, 0.5) is 11.5 Å². The standard InChI is InChI=1S/C15H22N4O/c1-2-3-11(6-7-20)9-17-15-13-8-12(16)4-5-14(13)18-10-19-15/h4-5,8,10-11,20H,2-3,6-7,9,16H2,1H3,(H,17,18,19). The Morgan fingerprint density at radius 1 is 1.30 bits per heavy atom. The van der Waals surface area contributed by atoms with Crippen LogP contribution in [-0.2, 0) is 0 Å². The Kier molecular flexibility index (Phi) is 5.12. The summed E-state index contributed by atoms with van der Waals surface area (Å²) in [7, 11) is 0. The van der Waals surface area contributed by atoms with Gasteiger partial charge < -0.3 is 16.2 Å². The summed E-state index contributed by atoms with van der Waals surface area (Å²) in [6.45, 7) is 3.18. The Bertz CT molecular complexity index is 553. The van der Waals surface area contributed by atoms with Crippen LogP contribution < -0.4 is 11.1 Å². The third-order valence-electron chi connectivity index (χ3n) is 3.45. The van der Waals surface area contributed by atoms with E-state index in [4.69, 9.17) is 10.8 Å². The summed E-state index contributed by atoms with van der Waals surface area (Å²) in [5.74, 6) is 1.26. The zero-order valence-electron chi connectivity index (χ0n) is 11.8. The smallest absolute Gasteiger partial charge is 0.137 e. The minimum absolute atomic E-state index is 0.226. The van der Waals surface area contributed by atoms with E-state index in [-0.39, 0.29) is 6.61 Å². The number of nitrogens with zero attached hydrogens (tertiary/aromatic N) is 2. The molecule has 20 heavy (non-hydrogen) atoms. The van der Waals surface area contributed by atoms with E-state index in [0.717, 1.165) is 42.5 Å². The van der Waals surface area contributed by atoms with Crippen LogP contribution in [0.3, 0.4) is 0 Å². The van der Waals surface area contributed by atoms with Gasteiger partial charge in [-0.1, -0.05) is 13.3 Å². The van der Waals surface area contributed by atoms with Crippen molar-refractivity contribution in [1.29, 1.82) is 0 Å². The van der Waals surface area contributed by atoms with Gasteiger partial charge in [-0.15, -0.1) is 0 Å². The molecule has 0 saturated heterocycles. The molecule has 0 aliphatic carbocycles. The lowest BCUT2D eigenvalue weighted by molar-refractivity contribution is 0.255. The van der Waals surface area contributed by atoms with Gasteiger partial charge in [0.05, 0.1) is 5.52 Å². The molecule has 108 valence electrons. The molecule has 0 bridgehead atoms. The molecule has 0 amide bonds. The predicted octanol–water partition coefficient (Wildman–Crippen LogP) is 2.42. The largest absolute Gasteiger partial charge is 0.399 e. The van der Waals surface area contributed by atoms with Crippen LogP contribution in [0.25, 0.3) is 10.9 Å². The maximum atomic E-state index is 9.10. The summed E-state index contributed by atoms with van der Waals surface area (Å²) in [5.41, 5.74) is 7.41. The van der Waals surface area contributed by atoms with Gasteiger partial charge in [-0.25, -0.2) is 9.97 Å². The molecule has 2 aromatic rings. The highest BCUT2D eigenvalue weighted by atomic mass is 16.3. The number of aliphatic hydroxyl groups is 1. The second kappa shape index (κ2) is 7.05. The highest BCUT2D eigenvalue weighted by Crippen LogP contribution is 2.22. The average molecular weight is 274 g/mol. The number of fused-ring (bicyclic) bond motifs is 1. The van der Waals surface area contributed by atoms with Gasteiger partial charge in [0, 0.05) is 24.2 Å². The fraction of sp³-hybridized carbons (Fsp3) is 0.467. The number of nitrogen functional groups attached to an aromatic ring is 1. The summed E-state index contributed by atoms with van der Waals surface area (Å²) in [6.07, 6.45) is 4.58. The molecule has 4 N–H and O–H groups in total. The van der Waals surface area contributed by atoms with Crippen molar-refractivity contribution in [1.82, 2.24) is 9.97 Å². The molecular formula is C15H22N4O. The SMILES string of the molecule is CCCC(CCO)CNc1ncnc2ccc(N)cc12. The fourth-order valence-corrected chi connectivity index (χ4v) is 2.40. The molecule has 0 aliphatic heterocycles. The number of hydrogen-bond donors (Lipinski definition) is 3. The number of nitrogens with one attached hydrogen (secondary N) is 1. The van der Waals surface area contributed by atoms with Crippen LogP contribution in [0, 0.1) is 5.92 Å². The molecule has 1 heterocycles. The third kappa shape index (κ3) is 3.57. The Hall–Kier alpha value is -1.88. The van der Waals surface area contributed by atoms with Crippen LogP contribution in [0.1, 0.15) is 26.2 Å². The van der Waals surface area contributed by atoms with E-state index in [1.165, 1.54) is 0 Å². The first-order chi connectivity index (χ1) is 9.74. The van der Waals surface area contributed by atoms with Gasteiger partial charge in [0.25, 0.3) is 0 Å². The van der Waals surface area contributed by atoms with Gasteiger partial charge in [-0.05, 0) is 37.0 Å². The molecule has 5 nitrogen and oxygen atoms in total. The molecule has 0 spiro atoms. The summed E-state index contributed by atoms with van der Waals surface area (Å²) >= 11 is 0. The number of nitrogens with two attached hydrogens (primary N) is 1. The van der Waals surface area contributed by atoms with Gasteiger partial charge in [0.1, 0.15) is 12.1 Å². The third-order valence-corrected chi connectivity index (χ3v) is 3.45. The zero-order valence-corrected chi connectivity index (χ0v) is 11.8. The van der Waals surface area contributed by atoms with Crippen molar-refractivity contribution in [2.24, 2.45) is 5.92 Å². The Labute approximate surface area is 119 Å². The van der Waals surface area contributed by atoms with E-state index in [2.05, 4.69) is 22.2 Å². The molecular weight excluding hydrogens is 252 g/mol. The van der Waals surface area contributed by atoms with Crippen molar-refractivity contribution in [3.8, 4) is 0 Å². The van der Waals surface area contributed by atoms with Crippen LogP contribution in [0.2, 0.25) is 0 Å². The van der Waals surface area contributed by atoms with Gasteiger partial charge >= 0.3 is 0 Å². The fourth-order valence-electron chi connectivity index (χ4n) is 2.40. The molecule has 1 aromatic heterocycles. The molecule has 0 aliphatic rings. The van der Waals surface area contributed by atoms with E-state index < -0.39 is 0 Å².